The van der Waals surface area contributed by atoms with Gasteiger partial charge in [0.1, 0.15) is 10.8 Å². The first kappa shape index (κ1) is 15.2. The molecule has 0 spiro atoms. The maximum Gasteiger partial charge on any atom is 0.137 e. The summed E-state index contributed by atoms with van der Waals surface area (Å²) in [5.74, 6) is -0.311. The van der Waals surface area contributed by atoms with Gasteiger partial charge in [0, 0.05) is 5.69 Å². The van der Waals surface area contributed by atoms with Crippen LogP contribution in [0.3, 0.4) is 0 Å². The van der Waals surface area contributed by atoms with Gasteiger partial charge < -0.3 is 11.1 Å². The molecule has 2 aromatic rings. The Morgan fingerprint density at radius 3 is 2.70 bits per heavy atom. The van der Waals surface area contributed by atoms with Crippen LogP contribution in [0.4, 0.5) is 15.8 Å². The molecule has 2 rings (SSSR count). The van der Waals surface area contributed by atoms with Crippen molar-refractivity contribution in [3.63, 3.8) is 0 Å². The molecule has 0 saturated carbocycles. The molecule has 0 radical (unpaired) electrons. The van der Waals surface area contributed by atoms with Gasteiger partial charge in [-0.1, -0.05) is 29.9 Å². The quantitative estimate of drug-likeness (QED) is 0.749. The third-order valence-electron chi connectivity index (χ3n) is 2.80. The van der Waals surface area contributed by atoms with Crippen molar-refractivity contribution in [3.05, 3.63) is 56.8 Å². The fourth-order valence-corrected chi connectivity index (χ4v) is 2.70. The van der Waals surface area contributed by atoms with E-state index in [0.29, 0.717) is 20.7 Å². The van der Waals surface area contributed by atoms with Gasteiger partial charge in [-0.05, 0) is 52.7 Å². The number of nitrogens with two attached hydrogens (primary N) is 1. The fraction of sp³-hybridized carbons (Fsp3) is 0.0714. The molecule has 0 aliphatic heterocycles. The van der Waals surface area contributed by atoms with Gasteiger partial charge in [0.25, 0.3) is 0 Å². The van der Waals surface area contributed by atoms with Crippen LogP contribution in [-0.2, 0) is 0 Å². The standard InChI is InChI=1S/C14H11BrClFN2S/c1-7-5-10(17)8(15)6-12(7)19-11-4-2-3-9(16)13(11)14(18)20/h2-6,19H,1H3,(H2,18,20). The van der Waals surface area contributed by atoms with Gasteiger partial charge in [-0.25, -0.2) is 4.39 Å². The summed E-state index contributed by atoms with van der Waals surface area (Å²) in [6, 6.07) is 8.43. The second-order valence-corrected chi connectivity index (χ2v) is 5.93. The lowest BCUT2D eigenvalue weighted by Crippen LogP contribution is -2.13. The average molecular weight is 374 g/mol. The van der Waals surface area contributed by atoms with E-state index in [1.807, 2.05) is 13.0 Å². The molecule has 2 nitrogen and oxygen atoms in total. The van der Waals surface area contributed by atoms with Crippen molar-refractivity contribution in [3.8, 4) is 0 Å². The zero-order chi connectivity index (χ0) is 14.9. The van der Waals surface area contributed by atoms with E-state index in [1.165, 1.54) is 6.07 Å². The van der Waals surface area contributed by atoms with E-state index in [1.54, 1.807) is 18.2 Å². The van der Waals surface area contributed by atoms with Crippen LogP contribution in [-0.4, -0.2) is 4.99 Å². The molecule has 0 amide bonds. The van der Waals surface area contributed by atoms with Crippen molar-refractivity contribution in [2.45, 2.75) is 6.92 Å². The highest BCUT2D eigenvalue weighted by molar-refractivity contribution is 9.10. The molecule has 0 fully saturated rings. The van der Waals surface area contributed by atoms with Crippen molar-refractivity contribution < 1.29 is 4.39 Å². The summed E-state index contributed by atoms with van der Waals surface area (Å²) >= 11 is 14.3. The highest BCUT2D eigenvalue weighted by Gasteiger charge is 2.12. The SMILES string of the molecule is Cc1cc(F)c(Br)cc1Nc1cccc(Cl)c1C(N)=S. The molecule has 0 aliphatic rings. The molecule has 3 N–H and O–H groups in total. The van der Waals surface area contributed by atoms with Crippen molar-refractivity contribution >= 4 is 56.1 Å². The number of rotatable bonds is 3. The van der Waals surface area contributed by atoms with Gasteiger partial charge in [-0.3, -0.25) is 0 Å². The van der Waals surface area contributed by atoms with Gasteiger partial charge >= 0.3 is 0 Å². The van der Waals surface area contributed by atoms with E-state index in [-0.39, 0.29) is 10.8 Å². The highest BCUT2D eigenvalue weighted by atomic mass is 79.9. The van der Waals surface area contributed by atoms with Gasteiger partial charge in [0.2, 0.25) is 0 Å². The minimum absolute atomic E-state index is 0.205. The Balaban J connectivity index is 2.48. The van der Waals surface area contributed by atoms with E-state index in [2.05, 4.69) is 21.2 Å². The maximum atomic E-state index is 13.4. The zero-order valence-electron chi connectivity index (χ0n) is 10.5. The lowest BCUT2D eigenvalue weighted by Gasteiger charge is -2.15. The van der Waals surface area contributed by atoms with E-state index in [4.69, 9.17) is 29.6 Å². The zero-order valence-corrected chi connectivity index (χ0v) is 13.7. The topological polar surface area (TPSA) is 38.0 Å². The third kappa shape index (κ3) is 3.11. The summed E-state index contributed by atoms with van der Waals surface area (Å²) in [7, 11) is 0. The Bertz CT molecular complexity index is 691. The Labute approximate surface area is 135 Å². The summed E-state index contributed by atoms with van der Waals surface area (Å²) in [4.78, 5) is 0.205. The van der Waals surface area contributed by atoms with Crippen LogP contribution in [0.5, 0.6) is 0 Å². The van der Waals surface area contributed by atoms with Crippen molar-refractivity contribution in [1.29, 1.82) is 0 Å². The number of nitrogens with one attached hydrogen (secondary N) is 1. The lowest BCUT2D eigenvalue weighted by atomic mass is 10.1. The predicted octanol–water partition coefficient (Wildman–Crippen LogP) is 4.93. The van der Waals surface area contributed by atoms with Gasteiger partial charge in [-0.2, -0.15) is 0 Å². The minimum atomic E-state index is -0.311. The summed E-state index contributed by atoms with van der Waals surface area (Å²) in [5, 5.41) is 3.66. The van der Waals surface area contributed by atoms with Crippen molar-refractivity contribution in [1.82, 2.24) is 0 Å². The Kier molecular flexibility index (Phi) is 4.62. The van der Waals surface area contributed by atoms with Crippen LogP contribution in [0.2, 0.25) is 5.02 Å². The van der Waals surface area contributed by atoms with Crippen molar-refractivity contribution in [2.75, 3.05) is 5.32 Å². The van der Waals surface area contributed by atoms with Gasteiger partial charge in [-0.15, -0.1) is 0 Å². The van der Waals surface area contributed by atoms with E-state index >= 15 is 0 Å². The second kappa shape index (κ2) is 6.08. The highest BCUT2D eigenvalue weighted by Crippen LogP contribution is 2.31. The second-order valence-electron chi connectivity index (χ2n) is 4.23. The lowest BCUT2D eigenvalue weighted by molar-refractivity contribution is 0.620. The van der Waals surface area contributed by atoms with Gasteiger partial charge in [0.15, 0.2) is 0 Å². The van der Waals surface area contributed by atoms with Crippen LogP contribution in [0.1, 0.15) is 11.1 Å². The average Bonchev–Trinajstić information content (AvgIpc) is 2.35. The molecular weight excluding hydrogens is 363 g/mol. The van der Waals surface area contributed by atoms with E-state index in [0.717, 1.165) is 11.3 Å². The first-order valence-electron chi connectivity index (χ1n) is 5.71. The summed E-state index contributed by atoms with van der Waals surface area (Å²) < 4.78 is 13.8. The first-order chi connectivity index (χ1) is 9.40. The minimum Gasteiger partial charge on any atom is -0.389 e. The summed E-state index contributed by atoms with van der Waals surface area (Å²) in [5.41, 5.74) is 8.47. The third-order valence-corrected chi connectivity index (χ3v) is 3.92. The normalized spacial score (nSPS) is 10.4. The molecule has 0 bridgehead atoms. The van der Waals surface area contributed by atoms with Crippen LogP contribution < -0.4 is 11.1 Å². The number of benzene rings is 2. The predicted molar refractivity (Wildman–Crippen MR) is 89.5 cm³/mol. The van der Waals surface area contributed by atoms with Crippen LogP contribution in [0.15, 0.2) is 34.8 Å². The fourth-order valence-electron chi connectivity index (χ4n) is 1.80. The Hall–Kier alpha value is -1.17. The molecule has 0 heterocycles. The summed E-state index contributed by atoms with van der Waals surface area (Å²) in [6.45, 7) is 1.81. The van der Waals surface area contributed by atoms with Crippen LogP contribution in [0.25, 0.3) is 0 Å². The molecule has 104 valence electrons. The summed E-state index contributed by atoms with van der Waals surface area (Å²) in [6.07, 6.45) is 0. The number of halogens is 3. The number of hydrogen-bond acceptors (Lipinski definition) is 2. The van der Waals surface area contributed by atoms with Crippen molar-refractivity contribution in [2.24, 2.45) is 5.73 Å². The first-order valence-corrected chi connectivity index (χ1v) is 7.29. The molecule has 0 aromatic heterocycles. The largest absolute Gasteiger partial charge is 0.389 e. The Morgan fingerprint density at radius 2 is 2.05 bits per heavy atom. The molecule has 0 aliphatic carbocycles. The molecule has 0 atom stereocenters. The smallest absolute Gasteiger partial charge is 0.137 e. The molecule has 0 saturated heterocycles. The van der Waals surface area contributed by atoms with Crippen LogP contribution in [0, 0.1) is 12.7 Å². The number of hydrogen-bond donors (Lipinski definition) is 2. The number of anilines is 2. The maximum absolute atomic E-state index is 13.4. The van der Waals surface area contributed by atoms with Gasteiger partial charge in [0.05, 0.1) is 20.7 Å². The molecule has 20 heavy (non-hydrogen) atoms. The Morgan fingerprint density at radius 1 is 1.35 bits per heavy atom. The monoisotopic (exact) mass is 372 g/mol. The number of aryl methyl sites for hydroxylation is 1. The molecule has 0 unspecified atom stereocenters. The van der Waals surface area contributed by atoms with E-state index < -0.39 is 0 Å². The molecule has 2 aromatic carbocycles. The van der Waals surface area contributed by atoms with Crippen LogP contribution >= 0.6 is 39.7 Å². The number of thiocarbonyl (C=S) groups is 1. The van der Waals surface area contributed by atoms with E-state index in [9.17, 15) is 4.39 Å². The molecule has 6 heteroatoms. The molecular formula is C14H11BrClFN2S.